The van der Waals surface area contributed by atoms with Crippen molar-refractivity contribution in [3.63, 3.8) is 0 Å². The van der Waals surface area contributed by atoms with Crippen LogP contribution in [0.3, 0.4) is 0 Å². The summed E-state index contributed by atoms with van der Waals surface area (Å²) in [5.41, 5.74) is 2.22. The fourth-order valence-electron chi connectivity index (χ4n) is 2.36. The summed E-state index contributed by atoms with van der Waals surface area (Å²) in [6.07, 6.45) is 1.15. The lowest BCUT2D eigenvalue weighted by atomic mass is 9.94. The van der Waals surface area contributed by atoms with E-state index in [9.17, 15) is 14.4 Å². The molecule has 1 aliphatic rings. The van der Waals surface area contributed by atoms with Crippen LogP contribution >= 0.6 is 0 Å². The highest BCUT2D eigenvalue weighted by Gasteiger charge is 2.26. The van der Waals surface area contributed by atoms with Crippen molar-refractivity contribution < 1.29 is 19.1 Å². The number of aryl methyl sites for hydroxylation is 1. The molecule has 114 valence electrons. The Morgan fingerprint density at radius 1 is 0.957 bits per heavy atom. The minimum Gasteiger partial charge on any atom is -0.481 e. The van der Waals surface area contributed by atoms with E-state index in [2.05, 4.69) is 0 Å². The van der Waals surface area contributed by atoms with Gasteiger partial charge in [0.1, 0.15) is 0 Å². The van der Waals surface area contributed by atoms with Gasteiger partial charge < -0.3 is 4.74 Å². The van der Waals surface area contributed by atoms with Crippen molar-refractivity contribution in [2.45, 2.75) is 6.92 Å². The molecule has 0 unspecified atom stereocenters. The number of ether oxygens (including phenoxy) is 1. The van der Waals surface area contributed by atoms with E-state index in [0.29, 0.717) is 16.7 Å². The first-order valence-electron chi connectivity index (χ1n) is 7.18. The predicted octanol–water partition coefficient (Wildman–Crippen LogP) is 3.16. The Morgan fingerprint density at radius 2 is 1.61 bits per heavy atom. The van der Waals surface area contributed by atoms with E-state index >= 15 is 0 Å². The first-order chi connectivity index (χ1) is 11.1. The van der Waals surface area contributed by atoms with Gasteiger partial charge in [-0.15, -0.1) is 0 Å². The smallest absolute Gasteiger partial charge is 0.228 e. The summed E-state index contributed by atoms with van der Waals surface area (Å²) in [6, 6.07) is 13.6. The van der Waals surface area contributed by atoms with Gasteiger partial charge in [-0.1, -0.05) is 54.1 Å². The van der Waals surface area contributed by atoms with E-state index in [4.69, 9.17) is 4.74 Å². The summed E-state index contributed by atoms with van der Waals surface area (Å²) in [5, 5.41) is 0. The van der Waals surface area contributed by atoms with Crippen LogP contribution < -0.4 is 0 Å². The second-order valence-corrected chi connectivity index (χ2v) is 5.33. The molecule has 0 aliphatic heterocycles. The number of hydrogen-bond donors (Lipinski definition) is 0. The summed E-state index contributed by atoms with van der Waals surface area (Å²) in [7, 11) is 0. The minimum atomic E-state index is -0.378. The van der Waals surface area contributed by atoms with Crippen LogP contribution in [0, 0.1) is 6.92 Å². The van der Waals surface area contributed by atoms with Gasteiger partial charge >= 0.3 is 0 Å². The maximum atomic E-state index is 12.3. The molecule has 4 nitrogen and oxygen atoms in total. The Labute approximate surface area is 133 Å². The maximum absolute atomic E-state index is 12.3. The molecule has 1 aliphatic carbocycles. The molecule has 23 heavy (non-hydrogen) atoms. The second-order valence-electron chi connectivity index (χ2n) is 5.33. The number of allylic oxidation sites excluding steroid dienone is 2. The monoisotopic (exact) mass is 306 g/mol. The first kappa shape index (κ1) is 14.9. The van der Waals surface area contributed by atoms with Gasteiger partial charge in [-0.25, -0.2) is 0 Å². The molecule has 0 N–H and O–H groups in total. The van der Waals surface area contributed by atoms with Crippen molar-refractivity contribution in [2.24, 2.45) is 0 Å². The lowest BCUT2D eigenvalue weighted by molar-refractivity contribution is 0.0788. The summed E-state index contributed by atoms with van der Waals surface area (Å²) < 4.78 is 5.31. The lowest BCUT2D eigenvalue weighted by Crippen LogP contribution is -2.20. The van der Waals surface area contributed by atoms with E-state index in [0.717, 1.165) is 11.6 Å². The largest absolute Gasteiger partial charge is 0.481 e. The number of ketones is 3. The fraction of sp³-hybridized carbons (Fsp3) is 0.105. The number of Topliss-reactive ketones (excluding diaryl/α,β-unsaturated/α-hetero) is 2. The third-order valence-corrected chi connectivity index (χ3v) is 3.66. The molecular weight excluding hydrogens is 292 g/mol. The van der Waals surface area contributed by atoms with Gasteiger partial charge in [-0.3, -0.25) is 14.4 Å². The molecular formula is C19H14O4. The quantitative estimate of drug-likeness (QED) is 0.814. The van der Waals surface area contributed by atoms with Crippen LogP contribution in [0.15, 0.2) is 60.4 Å². The number of carbonyl (C=O) groups excluding carboxylic acids is 3. The third-order valence-electron chi connectivity index (χ3n) is 3.66. The average molecular weight is 306 g/mol. The molecule has 2 aromatic rings. The van der Waals surface area contributed by atoms with E-state index in [1.54, 1.807) is 36.4 Å². The molecule has 0 heterocycles. The van der Waals surface area contributed by atoms with Gasteiger partial charge in [0.05, 0.1) is 0 Å². The molecule has 0 spiro atoms. The zero-order chi connectivity index (χ0) is 16.4. The van der Waals surface area contributed by atoms with Gasteiger partial charge in [0.2, 0.25) is 5.78 Å². The number of fused-ring (bicyclic) bond motifs is 1. The van der Waals surface area contributed by atoms with Gasteiger partial charge in [-0.2, -0.15) is 0 Å². The van der Waals surface area contributed by atoms with Crippen molar-refractivity contribution >= 4 is 17.3 Å². The number of benzene rings is 2. The molecule has 0 saturated heterocycles. The van der Waals surface area contributed by atoms with Crippen LogP contribution in [0.4, 0.5) is 0 Å². The SMILES string of the molecule is Cc1ccc(C(=O)COC2=CC(=O)c3ccccc3C2=O)cc1. The summed E-state index contributed by atoms with van der Waals surface area (Å²) >= 11 is 0. The first-order valence-corrected chi connectivity index (χ1v) is 7.18. The van der Waals surface area contributed by atoms with Crippen molar-refractivity contribution in [3.8, 4) is 0 Å². The highest BCUT2D eigenvalue weighted by Crippen LogP contribution is 2.21. The van der Waals surface area contributed by atoms with E-state index in [-0.39, 0.29) is 29.7 Å². The van der Waals surface area contributed by atoms with Gasteiger partial charge in [0.25, 0.3) is 0 Å². The predicted molar refractivity (Wildman–Crippen MR) is 84.6 cm³/mol. The third kappa shape index (κ3) is 2.97. The molecule has 4 heteroatoms. The van der Waals surface area contributed by atoms with Gasteiger partial charge in [-0.05, 0) is 6.92 Å². The average Bonchev–Trinajstić information content (AvgIpc) is 2.57. The highest BCUT2D eigenvalue weighted by molar-refractivity contribution is 6.23. The van der Waals surface area contributed by atoms with Crippen LogP contribution in [0.1, 0.15) is 36.6 Å². The highest BCUT2D eigenvalue weighted by atomic mass is 16.5. The molecule has 0 radical (unpaired) electrons. The maximum Gasteiger partial charge on any atom is 0.228 e. The van der Waals surface area contributed by atoms with E-state index in [1.807, 2.05) is 19.1 Å². The Hall–Kier alpha value is -3.01. The molecule has 0 amide bonds. The summed E-state index contributed by atoms with van der Waals surface area (Å²) in [6.45, 7) is 1.65. The standard InChI is InChI=1S/C19H14O4/c1-12-6-8-13(9-7-12)17(21)11-23-18-10-16(20)14-4-2-3-5-15(14)19(18)22/h2-10H,11H2,1H3. The van der Waals surface area contributed by atoms with Gasteiger partial charge in [0.15, 0.2) is 23.9 Å². The van der Waals surface area contributed by atoms with Crippen LogP contribution in [-0.2, 0) is 4.74 Å². The number of hydrogen-bond acceptors (Lipinski definition) is 4. The van der Waals surface area contributed by atoms with Crippen LogP contribution in [-0.4, -0.2) is 24.0 Å². The molecule has 3 rings (SSSR count). The number of rotatable bonds is 4. The van der Waals surface area contributed by atoms with Gasteiger partial charge in [0, 0.05) is 22.8 Å². The van der Waals surface area contributed by atoms with Crippen molar-refractivity contribution in [2.75, 3.05) is 6.61 Å². The Balaban J connectivity index is 1.74. The van der Waals surface area contributed by atoms with Crippen LogP contribution in [0.2, 0.25) is 0 Å². The lowest BCUT2D eigenvalue weighted by Gasteiger charge is -2.15. The Morgan fingerprint density at radius 3 is 2.30 bits per heavy atom. The van der Waals surface area contributed by atoms with Crippen LogP contribution in [0.5, 0.6) is 0 Å². The Bertz CT molecular complexity index is 829. The molecule has 0 atom stereocenters. The fourth-order valence-corrected chi connectivity index (χ4v) is 2.36. The molecule has 0 aromatic heterocycles. The zero-order valence-electron chi connectivity index (χ0n) is 12.5. The van der Waals surface area contributed by atoms with Crippen molar-refractivity contribution in [1.82, 2.24) is 0 Å². The topological polar surface area (TPSA) is 60.4 Å². The number of carbonyl (C=O) groups is 3. The van der Waals surface area contributed by atoms with E-state index in [1.165, 1.54) is 0 Å². The normalized spacial score (nSPS) is 13.3. The molecule has 0 fully saturated rings. The van der Waals surface area contributed by atoms with E-state index < -0.39 is 0 Å². The summed E-state index contributed by atoms with van der Waals surface area (Å²) in [4.78, 5) is 36.4. The van der Waals surface area contributed by atoms with Crippen molar-refractivity contribution in [3.05, 3.63) is 82.6 Å². The minimum absolute atomic E-state index is 0.0887. The zero-order valence-corrected chi connectivity index (χ0v) is 12.5. The Kier molecular flexibility index (Phi) is 3.89. The summed E-state index contributed by atoms with van der Waals surface area (Å²) in [5.74, 6) is -1.01. The second kappa shape index (κ2) is 6.01. The van der Waals surface area contributed by atoms with Crippen LogP contribution in [0.25, 0.3) is 0 Å². The molecule has 0 saturated carbocycles. The molecule has 2 aromatic carbocycles. The molecule has 0 bridgehead atoms. The van der Waals surface area contributed by atoms with Crippen molar-refractivity contribution in [1.29, 1.82) is 0 Å².